The van der Waals surface area contributed by atoms with Gasteiger partial charge in [-0.25, -0.2) is 0 Å². The fourth-order valence-electron chi connectivity index (χ4n) is 1.65. The number of ether oxygens (including phenoxy) is 1. The van der Waals surface area contributed by atoms with E-state index in [1.165, 1.54) is 4.90 Å². The predicted octanol–water partition coefficient (Wildman–Crippen LogP) is 2.02. The van der Waals surface area contributed by atoms with Gasteiger partial charge in [-0.2, -0.15) is 0 Å². The summed E-state index contributed by atoms with van der Waals surface area (Å²) in [4.78, 5) is 25.1. The van der Waals surface area contributed by atoms with E-state index in [4.69, 9.17) is 4.74 Å². The summed E-state index contributed by atoms with van der Waals surface area (Å²) in [5.41, 5.74) is 1.62. The van der Waals surface area contributed by atoms with Gasteiger partial charge in [-0.05, 0) is 32.9 Å². The van der Waals surface area contributed by atoms with Crippen LogP contribution in [0.2, 0.25) is 0 Å². The Balaban J connectivity index is 2.76. The number of carbonyl (C=O) groups is 2. The Morgan fingerprint density at radius 3 is 2.56 bits per heavy atom. The van der Waals surface area contributed by atoms with Gasteiger partial charge in [0.2, 0.25) is 0 Å². The van der Waals surface area contributed by atoms with E-state index in [-0.39, 0.29) is 18.4 Å². The number of hydrogen-bond acceptors (Lipinski definition) is 3. The molecule has 0 unspecified atom stereocenters. The molecule has 0 bridgehead atoms. The maximum absolute atomic E-state index is 12.2. The van der Waals surface area contributed by atoms with Gasteiger partial charge in [0, 0.05) is 12.1 Å². The Morgan fingerprint density at radius 1 is 1.28 bits per heavy atom. The molecule has 0 spiro atoms. The lowest BCUT2D eigenvalue weighted by atomic mass is 10.1. The van der Waals surface area contributed by atoms with Crippen LogP contribution in [0.1, 0.15) is 29.8 Å². The molecule has 0 aromatic heterocycles. The van der Waals surface area contributed by atoms with Crippen LogP contribution >= 0.6 is 0 Å². The SMILES string of the molecule is CCOC(=O)CN(CC)C(=O)c1cccc(C)c1. The minimum atomic E-state index is -0.375. The summed E-state index contributed by atoms with van der Waals surface area (Å²) in [6.07, 6.45) is 0. The van der Waals surface area contributed by atoms with Crippen molar-refractivity contribution < 1.29 is 14.3 Å². The van der Waals surface area contributed by atoms with Crippen molar-refractivity contribution in [1.29, 1.82) is 0 Å². The highest BCUT2D eigenvalue weighted by Gasteiger charge is 2.17. The van der Waals surface area contributed by atoms with Crippen molar-refractivity contribution in [3.8, 4) is 0 Å². The molecule has 0 fully saturated rings. The molecule has 4 nitrogen and oxygen atoms in total. The van der Waals surface area contributed by atoms with E-state index in [0.717, 1.165) is 5.56 Å². The van der Waals surface area contributed by atoms with Crippen LogP contribution in [0, 0.1) is 6.92 Å². The lowest BCUT2D eigenvalue weighted by molar-refractivity contribution is -0.143. The number of carbonyl (C=O) groups excluding carboxylic acids is 2. The Morgan fingerprint density at radius 2 is 2.00 bits per heavy atom. The zero-order chi connectivity index (χ0) is 13.5. The fraction of sp³-hybridized carbons (Fsp3) is 0.429. The van der Waals surface area contributed by atoms with Crippen molar-refractivity contribution in [2.75, 3.05) is 19.7 Å². The minimum Gasteiger partial charge on any atom is -0.465 e. The summed E-state index contributed by atoms with van der Waals surface area (Å²) in [6.45, 7) is 6.32. The van der Waals surface area contributed by atoms with E-state index in [0.29, 0.717) is 18.7 Å². The third kappa shape index (κ3) is 3.87. The quantitative estimate of drug-likeness (QED) is 0.750. The Bertz CT molecular complexity index is 429. The number of likely N-dealkylation sites (N-methyl/N-ethyl adjacent to an activating group) is 1. The van der Waals surface area contributed by atoms with Crippen molar-refractivity contribution in [3.05, 3.63) is 35.4 Å². The van der Waals surface area contributed by atoms with Gasteiger partial charge < -0.3 is 9.64 Å². The molecule has 4 heteroatoms. The standard InChI is InChI=1S/C14H19NO3/c1-4-15(10-13(16)18-5-2)14(17)12-8-6-7-11(3)9-12/h6-9H,4-5,10H2,1-3H3. The number of hydrogen-bond donors (Lipinski definition) is 0. The lowest BCUT2D eigenvalue weighted by Gasteiger charge is -2.19. The van der Waals surface area contributed by atoms with Gasteiger partial charge in [0.05, 0.1) is 6.61 Å². The first-order chi connectivity index (χ1) is 8.58. The van der Waals surface area contributed by atoms with E-state index in [9.17, 15) is 9.59 Å². The Kier molecular flexibility index (Phi) is 5.36. The maximum Gasteiger partial charge on any atom is 0.325 e. The average molecular weight is 249 g/mol. The van der Waals surface area contributed by atoms with Crippen LogP contribution in [0.3, 0.4) is 0 Å². The largest absolute Gasteiger partial charge is 0.465 e. The maximum atomic E-state index is 12.2. The minimum absolute atomic E-state index is 0.00286. The molecule has 0 radical (unpaired) electrons. The molecule has 1 aromatic carbocycles. The first-order valence-corrected chi connectivity index (χ1v) is 6.10. The molecule has 1 aromatic rings. The van der Waals surface area contributed by atoms with Crippen LogP contribution in [-0.2, 0) is 9.53 Å². The molecular formula is C14H19NO3. The summed E-state index contributed by atoms with van der Waals surface area (Å²) in [5.74, 6) is -0.519. The van der Waals surface area contributed by atoms with Crippen molar-refractivity contribution >= 4 is 11.9 Å². The zero-order valence-corrected chi connectivity index (χ0v) is 11.1. The second-order valence-electron chi connectivity index (χ2n) is 3.99. The van der Waals surface area contributed by atoms with Crippen LogP contribution < -0.4 is 0 Å². The van der Waals surface area contributed by atoms with Gasteiger partial charge in [0.15, 0.2) is 0 Å². The van der Waals surface area contributed by atoms with E-state index in [2.05, 4.69) is 0 Å². The average Bonchev–Trinajstić information content (AvgIpc) is 2.35. The highest BCUT2D eigenvalue weighted by atomic mass is 16.5. The summed E-state index contributed by atoms with van der Waals surface area (Å²) in [6, 6.07) is 7.33. The highest BCUT2D eigenvalue weighted by Crippen LogP contribution is 2.08. The molecule has 0 saturated heterocycles. The fourth-order valence-corrected chi connectivity index (χ4v) is 1.65. The first-order valence-electron chi connectivity index (χ1n) is 6.10. The lowest BCUT2D eigenvalue weighted by Crippen LogP contribution is -2.36. The summed E-state index contributed by atoms with van der Waals surface area (Å²) in [5, 5.41) is 0. The van der Waals surface area contributed by atoms with Crippen LogP contribution in [0.4, 0.5) is 0 Å². The van der Waals surface area contributed by atoms with Crippen molar-refractivity contribution in [2.24, 2.45) is 0 Å². The van der Waals surface area contributed by atoms with Crippen molar-refractivity contribution in [3.63, 3.8) is 0 Å². The summed E-state index contributed by atoms with van der Waals surface area (Å²) >= 11 is 0. The zero-order valence-electron chi connectivity index (χ0n) is 11.1. The molecule has 98 valence electrons. The van der Waals surface area contributed by atoms with Gasteiger partial charge in [0.25, 0.3) is 5.91 Å². The van der Waals surface area contributed by atoms with Crippen molar-refractivity contribution in [2.45, 2.75) is 20.8 Å². The van der Waals surface area contributed by atoms with E-state index in [1.807, 2.05) is 32.0 Å². The van der Waals surface area contributed by atoms with Crippen LogP contribution in [0.25, 0.3) is 0 Å². The van der Waals surface area contributed by atoms with Crippen LogP contribution in [-0.4, -0.2) is 36.5 Å². The van der Waals surface area contributed by atoms with Gasteiger partial charge >= 0.3 is 5.97 Å². The third-order valence-corrected chi connectivity index (χ3v) is 2.56. The molecular weight excluding hydrogens is 230 g/mol. The normalized spacial score (nSPS) is 9.94. The number of esters is 1. The Labute approximate surface area is 108 Å². The molecule has 0 atom stereocenters. The number of aryl methyl sites for hydroxylation is 1. The second-order valence-corrected chi connectivity index (χ2v) is 3.99. The first kappa shape index (κ1) is 14.2. The third-order valence-electron chi connectivity index (χ3n) is 2.56. The molecule has 18 heavy (non-hydrogen) atoms. The van der Waals surface area contributed by atoms with Crippen LogP contribution in [0.5, 0.6) is 0 Å². The van der Waals surface area contributed by atoms with E-state index in [1.54, 1.807) is 13.0 Å². The molecule has 1 amide bonds. The summed E-state index contributed by atoms with van der Waals surface area (Å²) in [7, 11) is 0. The molecule has 0 aliphatic heterocycles. The predicted molar refractivity (Wildman–Crippen MR) is 69.4 cm³/mol. The summed E-state index contributed by atoms with van der Waals surface area (Å²) < 4.78 is 4.85. The topological polar surface area (TPSA) is 46.6 Å². The van der Waals surface area contributed by atoms with E-state index >= 15 is 0 Å². The molecule has 0 aliphatic rings. The highest BCUT2D eigenvalue weighted by molar-refractivity contribution is 5.96. The van der Waals surface area contributed by atoms with Gasteiger partial charge in [0.1, 0.15) is 6.54 Å². The van der Waals surface area contributed by atoms with Gasteiger partial charge in [-0.15, -0.1) is 0 Å². The number of rotatable bonds is 5. The second kappa shape index (κ2) is 6.79. The van der Waals surface area contributed by atoms with Gasteiger partial charge in [-0.3, -0.25) is 9.59 Å². The number of nitrogens with zero attached hydrogens (tertiary/aromatic N) is 1. The molecule has 0 N–H and O–H groups in total. The molecule has 0 heterocycles. The van der Waals surface area contributed by atoms with Crippen LogP contribution in [0.15, 0.2) is 24.3 Å². The molecule has 0 saturated carbocycles. The molecule has 1 rings (SSSR count). The number of benzene rings is 1. The van der Waals surface area contributed by atoms with Crippen molar-refractivity contribution in [1.82, 2.24) is 4.90 Å². The van der Waals surface area contributed by atoms with Gasteiger partial charge in [-0.1, -0.05) is 17.7 Å². The number of amides is 1. The monoisotopic (exact) mass is 249 g/mol. The molecule has 0 aliphatic carbocycles. The Hall–Kier alpha value is -1.84. The van der Waals surface area contributed by atoms with E-state index < -0.39 is 0 Å². The smallest absolute Gasteiger partial charge is 0.325 e.